The zero-order valence-corrected chi connectivity index (χ0v) is 10.9. The Morgan fingerprint density at radius 2 is 2.24 bits per heavy atom. The molecule has 0 saturated carbocycles. The van der Waals surface area contributed by atoms with Crippen molar-refractivity contribution in [3.63, 3.8) is 0 Å². The average molecular weight is 280 g/mol. The van der Waals surface area contributed by atoms with E-state index in [2.05, 4.69) is 0 Å². The number of hydrogen-bond acceptors (Lipinski definition) is 4. The van der Waals surface area contributed by atoms with E-state index in [1.54, 1.807) is 25.1 Å². The van der Waals surface area contributed by atoms with Crippen molar-refractivity contribution in [2.24, 2.45) is 5.73 Å². The Balaban J connectivity index is 0.00000256. The second kappa shape index (κ2) is 7.37. The van der Waals surface area contributed by atoms with Gasteiger partial charge in [-0.2, -0.15) is 0 Å². The van der Waals surface area contributed by atoms with Gasteiger partial charge >= 0.3 is 5.97 Å². The van der Waals surface area contributed by atoms with Gasteiger partial charge in [0.25, 0.3) is 0 Å². The lowest BCUT2D eigenvalue weighted by Gasteiger charge is -2.13. The largest absolute Gasteiger partial charge is 0.506 e. The Kier molecular flexibility index (Phi) is 6.95. The molecule has 17 heavy (non-hydrogen) atoms. The summed E-state index contributed by atoms with van der Waals surface area (Å²) in [6, 6.07) is 4.24. The number of aromatic hydroxyl groups is 1. The Bertz CT molecular complexity index is 385. The van der Waals surface area contributed by atoms with Gasteiger partial charge in [-0.1, -0.05) is 23.7 Å². The lowest BCUT2D eigenvalue weighted by Crippen LogP contribution is -2.17. The SMILES string of the molecule is CCOC(=O)C[C@@H](N)c1cccc(Cl)c1O.Cl. The molecular weight excluding hydrogens is 265 g/mol. The number of carbonyl (C=O) groups excluding carboxylic acids is 1. The number of ether oxygens (including phenoxy) is 1. The highest BCUT2D eigenvalue weighted by molar-refractivity contribution is 6.32. The van der Waals surface area contributed by atoms with Crippen LogP contribution in [-0.2, 0) is 9.53 Å². The van der Waals surface area contributed by atoms with Gasteiger partial charge in [-0.15, -0.1) is 12.4 Å². The topological polar surface area (TPSA) is 72.5 Å². The number of phenols is 1. The molecule has 0 aliphatic rings. The third-order valence-corrected chi connectivity index (χ3v) is 2.41. The van der Waals surface area contributed by atoms with Crippen molar-refractivity contribution < 1.29 is 14.6 Å². The van der Waals surface area contributed by atoms with Crippen LogP contribution in [0.3, 0.4) is 0 Å². The molecule has 0 fully saturated rings. The molecule has 0 unspecified atom stereocenters. The molecule has 1 atom stereocenters. The molecule has 1 aromatic carbocycles. The van der Waals surface area contributed by atoms with E-state index >= 15 is 0 Å². The van der Waals surface area contributed by atoms with E-state index in [9.17, 15) is 9.90 Å². The van der Waals surface area contributed by atoms with E-state index in [4.69, 9.17) is 22.1 Å². The van der Waals surface area contributed by atoms with Crippen molar-refractivity contribution in [1.82, 2.24) is 0 Å². The van der Waals surface area contributed by atoms with Crippen LogP contribution in [-0.4, -0.2) is 17.7 Å². The first-order valence-corrected chi connectivity index (χ1v) is 5.32. The number of nitrogens with two attached hydrogens (primary N) is 1. The number of rotatable bonds is 4. The van der Waals surface area contributed by atoms with Crippen LogP contribution >= 0.6 is 24.0 Å². The van der Waals surface area contributed by atoms with E-state index in [-0.39, 0.29) is 29.6 Å². The molecule has 0 heterocycles. The highest BCUT2D eigenvalue weighted by Crippen LogP contribution is 2.31. The monoisotopic (exact) mass is 279 g/mol. The molecule has 6 heteroatoms. The molecule has 0 amide bonds. The van der Waals surface area contributed by atoms with Gasteiger partial charge in [0, 0.05) is 11.6 Å². The van der Waals surface area contributed by atoms with E-state index in [0.717, 1.165) is 0 Å². The molecule has 0 spiro atoms. The van der Waals surface area contributed by atoms with Crippen LogP contribution < -0.4 is 5.73 Å². The van der Waals surface area contributed by atoms with E-state index in [1.807, 2.05) is 0 Å². The zero-order valence-electron chi connectivity index (χ0n) is 9.35. The summed E-state index contributed by atoms with van der Waals surface area (Å²) >= 11 is 5.73. The molecule has 96 valence electrons. The Hall–Kier alpha value is -0.970. The van der Waals surface area contributed by atoms with Crippen molar-refractivity contribution in [2.45, 2.75) is 19.4 Å². The molecule has 1 rings (SSSR count). The number of phenolic OH excluding ortho intramolecular Hbond substituents is 1. The second-order valence-electron chi connectivity index (χ2n) is 3.29. The summed E-state index contributed by atoms with van der Waals surface area (Å²) in [7, 11) is 0. The van der Waals surface area contributed by atoms with Gasteiger partial charge in [0.15, 0.2) is 0 Å². The fourth-order valence-electron chi connectivity index (χ4n) is 1.34. The lowest BCUT2D eigenvalue weighted by molar-refractivity contribution is -0.143. The third kappa shape index (κ3) is 4.42. The summed E-state index contributed by atoms with van der Waals surface area (Å²) in [5.41, 5.74) is 6.22. The van der Waals surface area contributed by atoms with Gasteiger partial charge in [0.05, 0.1) is 18.1 Å². The van der Waals surface area contributed by atoms with Crippen LogP contribution in [0.4, 0.5) is 0 Å². The van der Waals surface area contributed by atoms with Gasteiger partial charge in [-0.05, 0) is 13.0 Å². The molecule has 3 N–H and O–H groups in total. The molecule has 4 nitrogen and oxygen atoms in total. The second-order valence-corrected chi connectivity index (χ2v) is 3.70. The number of esters is 1. The molecule has 0 aliphatic carbocycles. The molecular formula is C11H15Cl2NO3. The zero-order chi connectivity index (χ0) is 12.1. The molecule has 1 aromatic rings. The molecule has 0 aromatic heterocycles. The summed E-state index contributed by atoms with van der Waals surface area (Å²) in [5.74, 6) is -0.477. The number of carbonyl (C=O) groups is 1. The average Bonchev–Trinajstić information content (AvgIpc) is 2.22. The maximum atomic E-state index is 11.2. The standard InChI is InChI=1S/C11H14ClNO3.ClH/c1-2-16-10(14)6-9(13)7-4-3-5-8(12)11(7)15;/h3-5,9,15H,2,6,13H2,1H3;1H/t9-;/m1./s1. The van der Waals surface area contributed by atoms with Crippen LogP contribution in [0.25, 0.3) is 0 Å². The maximum absolute atomic E-state index is 11.2. The van der Waals surface area contributed by atoms with Crippen LogP contribution in [0.1, 0.15) is 24.9 Å². The van der Waals surface area contributed by atoms with E-state index in [0.29, 0.717) is 12.2 Å². The summed E-state index contributed by atoms with van der Waals surface area (Å²) in [6.45, 7) is 2.04. The van der Waals surface area contributed by atoms with E-state index in [1.165, 1.54) is 0 Å². The highest BCUT2D eigenvalue weighted by Gasteiger charge is 2.16. The molecule has 0 saturated heterocycles. The van der Waals surface area contributed by atoms with Gasteiger partial charge in [-0.3, -0.25) is 4.79 Å². The van der Waals surface area contributed by atoms with Crippen LogP contribution in [0.2, 0.25) is 5.02 Å². The summed E-state index contributed by atoms with van der Waals surface area (Å²) < 4.78 is 4.77. The summed E-state index contributed by atoms with van der Waals surface area (Å²) in [5, 5.41) is 9.87. The first-order chi connectivity index (χ1) is 7.56. The van der Waals surface area contributed by atoms with Crippen molar-refractivity contribution >= 4 is 30.0 Å². The fraction of sp³-hybridized carbons (Fsp3) is 0.364. The molecule has 0 aliphatic heterocycles. The van der Waals surface area contributed by atoms with Crippen LogP contribution in [0, 0.1) is 0 Å². The first-order valence-electron chi connectivity index (χ1n) is 4.94. The Morgan fingerprint density at radius 1 is 1.59 bits per heavy atom. The van der Waals surface area contributed by atoms with Gasteiger partial charge in [0.2, 0.25) is 0 Å². The third-order valence-electron chi connectivity index (χ3n) is 2.11. The smallest absolute Gasteiger partial charge is 0.307 e. The minimum Gasteiger partial charge on any atom is -0.506 e. The van der Waals surface area contributed by atoms with Crippen molar-refractivity contribution in [1.29, 1.82) is 0 Å². The van der Waals surface area contributed by atoms with Crippen molar-refractivity contribution in [3.05, 3.63) is 28.8 Å². The van der Waals surface area contributed by atoms with Crippen molar-refractivity contribution in [3.8, 4) is 5.75 Å². The predicted molar refractivity (Wildman–Crippen MR) is 68.5 cm³/mol. The Morgan fingerprint density at radius 3 is 2.82 bits per heavy atom. The minimum absolute atomic E-state index is 0. The van der Waals surface area contributed by atoms with Crippen LogP contribution in [0.5, 0.6) is 5.75 Å². The normalized spacial score (nSPS) is 11.5. The fourth-order valence-corrected chi connectivity index (χ4v) is 1.52. The predicted octanol–water partition coefficient (Wildman–Crippen LogP) is 2.42. The Labute approximate surface area is 111 Å². The molecule has 0 bridgehead atoms. The maximum Gasteiger partial charge on any atom is 0.307 e. The summed E-state index contributed by atoms with van der Waals surface area (Å²) in [6.07, 6.45) is 0.0156. The number of para-hydroxylation sites is 1. The first kappa shape index (κ1) is 16.0. The van der Waals surface area contributed by atoms with Gasteiger partial charge in [-0.25, -0.2) is 0 Å². The van der Waals surface area contributed by atoms with E-state index < -0.39 is 12.0 Å². The number of benzene rings is 1. The molecule has 0 radical (unpaired) electrons. The van der Waals surface area contributed by atoms with Gasteiger partial charge in [0.1, 0.15) is 5.75 Å². The summed E-state index contributed by atoms with van der Waals surface area (Å²) in [4.78, 5) is 11.2. The number of halogens is 2. The lowest BCUT2D eigenvalue weighted by atomic mass is 10.0. The van der Waals surface area contributed by atoms with Gasteiger partial charge < -0.3 is 15.6 Å². The van der Waals surface area contributed by atoms with Crippen LogP contribution in [0.15, 0.2) is 18.2 Å². The van der Waals surface area contributed by atoms with Crippen molar-refractivity contribution in [2.75, 3.05) is 6.61 Å². The quantitative estimate of drug-likeness (QED) is 0.831. The highest BCUT2D eigenvalue weighted by atomic mass is 35.5. The number of hydrogen-bond donors (Lipinski definition) is 2. The minimum atomic E-state index is -0.613.